The third kappa shape index (κ3) is 1.64. The van der Waals surface area contributed by atoms with Gasteiger partial charge in [-0.3, -0.25) is 4.79 Å². The Kier molecular flexibility index (Phi) is 2.41. The minimum atomic E-state index is -0.126. The second-order valence-corrected chi connectivity index (χ2v) is 4.53. The predicted octanol–water partition coefficient (Wildman–Crippen LogP) is 1.89. The smallest absolute Gasteiger partial charge is 0.155 e. The second-order valence-electron chi connectivity index (χ2n) is 4.53. The number of likely N-dealkylation sites (N-methyl/N-ethyl adjacent to an activating group) is 1. The fourth-order valence-corrected chi connectivity index (χ4v) is 2.51. The quantitative estimate of drug-likeness (QED) is 0.720. The van der Waals surface area contributed by atoms with Crippen molar-refractivity contribution < 1.29 is 4.79 Å². The molecule has 2 aliphatic rings. The van der Waals surface area contributed by atoms with Crippen LogP contribution in [0.5, 0.6) is 0 Å². The zero-order valence-electron chi connectivity index (χ0n) is 8.44. The van der Waals surface area contributed by atoms with Crippen molar-refractivity contribution in [1.82, 2.24) is 5.32 Å². The van der Waals surface area contributed by atoms with Gasteiger partial charge < -0.3 is 5.32 Å². The highest BCUT2D eigenvalue weighted by atomic mass is 16.1. The summed E-state index contributed by atoms with van der Waals surface area (Å²) in [5.41, 5.74) is -0.126. The van der Waals surface area contributed by atoms with E-state index in [2.05, 4.69) is 5.32 Å². The Bertz CT molecular complexity index is 202. The Morgan fingerprint density at radius 3 is 2.31 bits per heavy atom. The number of Topliss-reactive ketones (excluding diaryl/α,β-unsaturated/α-hetero) is 1. The molecule has 1 N–H and O–H groups in total. The molecule has 2 fully saturated rings. The molecule has 0 amide bonds. The largest absolute Gasteiger partial charge is 0.308 e. The number of carbonyl (C=O) groups is 1. The highest BCUT2D eigenvalue weighted by molar-refractivity contribution is 5.92. The lowest BCUT2D eigenvalue weighted by atomic mass is 9.77. The van der Waals surface area contributed by atoms with Crippen molar-refractivity contribution in [3.05, 3.63) is 0 Å². The minimum Gasteiger partial charge on any atom is -0.308 e. The Labute approximate surface area is 80.1 Å². The summed E-state index contributed by atoms with van der Waals surface area (Å²) in [6, 6.07) is 0. The molecule has 0 aromatic rings. The Morgan fingerprint density at radius 1 is 1.23 bits per heavy atom. The molecule has 13 heavy (non-hydrogen) atoms. The first-order valence-corrected chi connectivity index (χ1v) is 5.52. The molecule has 0 aliphatic heterocycles. The van der Waals surface area contributed by atoms with E-state index in [1.54, 1.807) is 0 Å². The average molecular weight is 181 g/mol. The van der Waals surface area contributed by atoms with E-state index in [0.29, 0.717) is 11.7 Å². The van der Waals surface area contributed by atoms with Crippen molar-refractivity contribution in [3.63, 3.8) is 0 Å². The number of hydrogen-bond donors (Lipinski definition) is 1. The summed E-state index contributed by atoms with van der Waals surface area (Å²) in [5.74, 6) is 0.917. The van der Waals surface area contributed by atoms with Gasteiger partial charge in [0.25, 0.3) is 0 Å². The van der Waals surface area contributed by atoms with Crippen LogP contribution < -0.4 is 5.32 Å². The first-order valence-electron chi connectivity index (χ1n) is 5.52. The van der Waals surface area contributed by atoms with Crippen LogP contribution in [0.15, 0.2) is 0 Å². The van der Waals surface area contributed by atoms with Gasteiger partial charge in [-0.2, -0.15) is 0 Å². The fourth-order valence-electron chi connectivity index (χ4n) is 2.51. The average Bonchev–Trinajstić information content (AvgIpc) is 3.01. The third-order valence-electron chi connectivity index (χ3n) is 3.61. The van der Waals surface area contributed by atoms with Gasteiger partial charge in [-0.1, -0.05) is 19.3 Å². The zero-order chi connectivity index (χ0) is 9.31. The number of nitrogens with one attached hydrogen (secondary N) is 1. The molecule has 0 bridgehead atoms. The van der Waals surface area contributed by atoms with Gasteiger partial charge >= 0.3 is 0 Å². The van der Waals surface area contributed by atoms with Crippen molar-refractivity contribution in [1.29, 1.82) is 0 Å². The molecule has 0 unspecified atom stereocenters. The van der Waals surface area contributed by atoms with Crippen LogP contribution in [0.4, 0.5) is 0 Å². The van der Waals surface area contributed by atoms with Crippen molar-refractivity contribution in [3.8, 4) is 0 Å². The maximum Gasteiger partial charge on any atom is 0.155 e. The fraction of sp³-hybridized carbons (Fsp3) is 0.909. The summed E-state index contributed by atoms with van der Waals surface area (Å²) >= 11 is 0. The number of rotatable bonds is 3. The molecule has 74 valence electrons. The van der Waals surface area contributed by atoms with Gasteiger partial charge in [-0.15, -0.1) is 0 Å². The van der Waals surface area contributed by atoms with E-state index >= 15 is 0 Å². The molecule has 0 spiro atoms. The van der Waals surface area contributed by atoms with Crippen molar-refractivity contribution in [2.45, 2.75) is 50.5 Å². The molecular weight excluding hydrogens is 162 g/mol. The monoisotopic (exact) mass is 181 g/mol. The van der Waals surface area contributed by atoms with Crippen LogP contribution in [0, 0.1) is 5.92 Å². The van der Waals surface area contributed by atoms with E-state index in [4.69, 9.17) is 0 Å². The van der Waals surface area contributed by atoms with Gasteiger partial charge in [0, 0.05) is 5.92 Å². The summed E-state index contributed by atoms with van der Waals surface area (Å²) in [5, 5.41) is 3.29. The van der Waals surface area contributed by atoms with Gasteiger partial charge in [0.2, 0.25) is 0 Å². The van der Waals surface area contributed by atoms with Crippen LogP contribution in [0.3, 0.4) is 0 Å². The van der Waals surface area contributed by atoms with E-state index in [9.17, 15) is 4.79 Å². The van der Waals surface area contributed by atoms with Gasteiger partial charge in [-0.25, -0.2) is 0 Å². The lowest BCUT2D eigenvalue weighted by molar-refractivity contribution is -0.127. The minimum absolute atomic E-state index is 0.126. The normalized spacial score (nSPS) is 27.2. The number of hydrogen-bond acceptors (Lipinski definition) is 2. The van der Waals surface area contributed by atoms with Crippen LogP contribution in [-0.4, -0.2) is 18.4 Å². The van der Waals surface area contributed by atoms with Crippen molar-refractivity contribution >= 4 is 5.78 Å². The molecule has 0 saturated heterocycles. The molecule has 0 atom stereocenters. The Hall–Kier alpha value is -0.370. The van der Waals surface area contributed by atoms with Crippen molar-refractivity contribution in [2.24, 2.45) is 5.92 Å². The molecule has 2 saturated carbocycles. The summed E-state index contributed by atoms with van der Waals surface area (Å²) in [7, 11) is 1.95. The van der Waals surface area contributed by atoms with Crippen LogP contribution >= 0.6 is 0 Å². The van der Waals surface area contributed by atoms with E-state index in [-0.39, 0.29) is 5.54 Å². The molecule has 0 aromatic carbocycles. The van der Waals surface area contributed by atoms with E-state index in [1.165, 1.54) is 19.3 Å². The van der Waals surface area contributed by atoms with E-state index < -0.39 is 0 Å². The summed E-state index contributed by atoms with van der Waals surface area (Å²) in [4.78, 5) is 12.1. The van der Waals surface area contributed by atoms with Gasteiger partial charge in [0.1, 0.15) is 0 Å². The number of ketones is 1. The molecule has 2 nitrogen and oxygen atoms in total. The lowest BCUT2D eigenvalue weighted by Crippen LogP contribution is -2.52. The zero-order valence-corrected chi connectivity index (χ0v) is 8.44. The maximum absolute atomic E-state index is 12.1. The topological polar surface area (TPSA) is 29.1 Å². The highest BCUT2D eigenvalue weighted by Gasteiger charge is 2.44. The second kappa shape index (κ2) is 3.41. The summed E-state index contributed by atoms with van der Waals surface area (Å²) < 4.78 is 0. The Morgan fingerprint density at radius 2 is 1.85 bits per heavy atom. The maximum atomic E-state index is 12.1. The van der Waals surface area contributed by atoms with E-state index in [0.717, 1.165) is 25.7 Å². The van der Waals surface area contributed by atoms with Gasteiger partial charge in [0.15, 0.2) is 5.78 Å². The van der Waals surface area contributed by atoms with Crippen LogP contribution in [0.1, 0.15) is 44.9 Å². The summed E-state index contributed by atoms with van der Waals surface area (Å²) in [6.07, 6.45) is 8.17. The Balaban J connectivity index is 2.07. The van der Waals surface area contributed by atoms with Crippen LogP contribution in [-0.2, 0) is 4.79 Å². The van der Waals surface area contributed by atoms with E-state index in [1.807, 2.05) is 7.05 Å². The molecule has 0 aromatic heterocycles. The van der Waals surface area contributed by atoms with Gasteiger partial charge in [0.05, 0.1) is 5.54 Å². The summed E-state index contributed by atoms with van der Waals surface area (Å²) in [6.45, 7) is 0. The number of carbonyl (C=O) groups excluding carboxylic acids is 1. The molecule has 2 heteroatoms. The van der Waals surface area contributed by atoms with Crippen LogP contribution in [0.2, 0.25) is 0 Å². The molecule has 0 heterocycles. The first kappa shape index (κ1) is 9.20. The molecule has 2 aliphatic carbocycles. The van der Waals surface area contributed by atoms with Crippen molar-refractivity contribution in [2.75, 3.05) is 7.05 Å². The highest BCUT2D eigenvalue weighted by Crippen LogP contribution is 2.39. The molecular formula is C11H19NO. The van der Waals surface area contributed by atoms with Gasteiger partial charge in [-0.05, 0) is 32.7 Å². The third-order valence-corrected chi connectivity index (χ3v) is 3.61. The lowest BCUT2D eigenvalue weighted by Gasteiger charge is -2.35. The molecule has 2 rings (SSSR count). The standard InChI is InChI=1S/C11H19NO/c1-12-11(7-3-2-4-8-11)10(13)9-5-6-9/h9,12H,2-8H2,1H3. The first-order chi connectivity index (χ1) is 6.28. The SMILES string of the molecule is CNC1(C(=O)C2CC2)CCCCC1. The van der Waals surface area contributed by atoms with Crippen LogP contribution in [0.25, 0.3) is 0 Å². The predicted molar refractivity (Wildman–Crippen MR) is 52.6 cm³/mol. The molecule has 0 radical (unpaired) electrons.